The molecule has 0 unspecified atom stereocenters. The minimum absolute atomic E-state index is 0.227. The number of rotatable bonds is 3. The predicted molar refractivity (Wildman–Crippen MR) is 138 cm³/mol. The van der Waals surface area contributed by atoms with Crippen molar-refractivity contribution in [3.05, 3.63) is 59.0 Å². The minimum Gasteiger partial charge on any atom is -0.444 e. The smallest absolute Gasteiger partial charge is 0.410 e. The zero-order chi connectivity index (χ0) is 27.2. The van der Waals surface area contributed by atoms with E-state index in [1.54, 1.807) is 11.1 Å². The number of hydrogen-bond donors (Lipinski definition) is 1. The number of aromatic nitrogens is 3. The summed E-state index contributed by atoms with van der Waals surface area (Å²) in [4.78, 5) is 20.4. The van der Waals surface area contributed by atoms with E-state index in [9.17, 15) is 18.0 Å². The number of fused-ring (bicyclic) bond motifs is 3. The molecule has 4 heterocycles. The van der Waals surface area contributed by atoms with Gasteiger partial charge in [-0.1, -0.05) is 12.1 Å². The fraction of sp³-hybridized carbons (Fsp3) is 0.536. The molecule has 2 aromatic heterocycles. The van der Waals surface area contributed by atoms with E-state index in [4.69, 9.17) is 9.72 Å². The summed E-state index contributed by atoms with van der Waals surface area (Å²) < 4.78 is 46.5. The van der Waals surface area contributed by atoms with Crippen LogP contribution in [0, 0.1) is 0 Å². The van der Waals surface area contributed by atoms with Gasteiger partial charge in [0.05, 0.1) is 23.8 Å². The Kier molecular flexibility index (Phi) is 6.87. The number of ether oxygens (including phenoxy) is 1. The molecule has 2 atom stereocenters. The lowest BCUT2D eigenvalue weighted by molar-refractivity contribution is -0.155. The van der Waals surface area contributed by atoms with E-state index >= 15 is 0 Å². The van der Waals surface area contributed by atoms with Crippen LogP contribution in [0.5, 0.6) is 0 Å². The molecule has 1 amide bonds. The molecule has 0 radical (unpaired) electrons. The highest BCUT2D eigenvalue weighted by molar-refractivity contribution is 5.83. The van der Waals surface area contributed by atoms with E-state index in [2.05, 4.69) is 10.2 Å². The fourth-order valence-corrected chi connectivity index (χ4v) is 5.75. The highest BCUT2D eigenvalue weighted by Gasteiger charge is 2.41. The number of carbonyl (C=O) groups is 1. The summed E-state index contributed by atoms with van der Waals surface area (Å²) in [7, 11) is 0. The lowest BCUT2D eigenvalue weighted by Gasteiger charge is -2.42. The van der Waals surface area contributed by atoms with Crippen molar-refractivity contribution in [3.8, 4) is 0 Å². The Morgan fingerprint density at radius 3 is 2.50 bits per heavy atom. The van der Waals surface area contributed by atoms with Crippen LogP contribution in [0.1, 0.15) is 74.9 Å². The van der Waals surface area contributed by atoms with Gasteiger partial charge in [-0.2, -0.15) is 18.3 Å². The summed E-state index contributed by atoms with van der Waals surface area (Å²) in [6.45, 7) is 7.57. The van der Waals surface area contributed by atoms with Crippen molar-refractivity contribution in [2.75, 3.05) is 19.6 Å². The van der Waals surface area contributed by atoms with Crippen LogP contribution in [0.2, 0.25) is 0 Å². The maximum atomic E-state index is 13.7. The number of nitrogens with zero attached hydrogens (tertiary/aromatic N) is 4. The average Bonchev–Trinajstić information content (AvgIpc) is 3.33. The number of benzene rings is 1. The molecule has 1 N–H and O–H groups in total. The predicted octanol–water partition coefficient (Wildman–Crippen LogP) is 5.97. The molecule has 204 valence electrons. The monoisotopic (exact) mass is 529 g/mol. The Bertz CT molecular complexity index is 1290. The molecule has 3 aromatic rings. The summed E-state index contributed by atoms with van der Waals surface area (Å²) in [6.07, 6.45) is 1.05. The van der Waals surface area contributed by atoms with Crippen LogP contribution in [0.4, 0.5) is 18.0 Å². The molecule has 0 aliphatic carbocycles. The van der Waals surface area contributed by atoms with Crippen molar-refractivity contribution in [3.63, 3.8) is 0 Å². The number of amides is 1. The maximum absolute atomic E-state index is 13.7. The molecule has 1 fully saturated rings. The van der Waals surface area contributed by atoms with Crippen LogP contribution >= 0.6 is 0 Å². The van der Waals surface area contributed by atoms with Gasteiger partial charge in [0.1, 0.15) is 5.60 Å². The SMILES string of the molecule is C[C@@H]1Cc2c(ccc3n[nH]cc23)[C@@H](c2ccc(C3CCN(C(=O)OC(C)(C)C)CC3)cn2)N1CC(F)(F)F. The van der Waals surface area contributed by atoms with Crippen molar-refractivity contribution in [1.29, 1.82) is 0 Å². The van der Waals surface area contributed by atoms with E-state index in [0.717, 1.165) is 40.4 Å². The van der Waals surface area contributed by atoms with E-state index < -0.39 is 24.4 Å². The van der Waals surface area contributed by atoms with Gasteiger partial charge in [-0.15, -0.1) is 0 Å². The number of aromatic amines is 1. The van der Waals surface area contributed by atoms with Crippen molar-refractivity contribution >= 4 is 17.0 Å². The van der Waals surface area contributed by atoms with Gasteiger partial charge < -0.3 is 9.64 Å². The number of nitrogens with one attached hydrogen (secondary N) is 1. The van der Waals surface area contributed by atoms with Crippen LogP contribution in [-0.4, -0.2) is 68.5 Å². The minimum atomic E-state index is -4.33. The molecule has 2 aliphatic heterocycles. The van der Waals surface area contributed by atoms with Crippen LogP contribution in [0.25, 0.3) is 10.9 Å². The van der Waals surface area contributed by atoms with Crippen LogP contribution < -0.4 is 0 Å². The highest BCUT2D eigenvalue weighted by Crippen LogP contribution is 2.41. The Labute approximate surface area is 220 Å². The molecule has 10 heteroatoms. The number of likely N-dealkylation sites (tertiary alicyclic amines) is 1. The number of halogens is 3. The first-order chi connectivity index (χ1) is 17.9. The topological polar surface area (TPSA) is 74.3 Å². The second-order valence-corrected chi connectivity index (χ2v) is 11.5. The van der Waals surface area contributed by atoms with E-state index in [-0.39, 0.29) is 18.1 Å². The number of hydrogen-bond acceptors (Lipinski definition) is 5. The summed E-state index contributed by atoms with van der Waals surface area (Å²) in [5.74, 6) is 0.227. The fourth-order valence-electron chi connectivity index (χ4n) is 5.75. The molecule has 1 saturated heterocycles. The number of pyridine rings is 1. The average molecular weight is 530 g/mol. The molecule has 0 saturated carbocycles. The van der Waals surface area contributed by atoms with Crippen molar-refractivity contribution in [2.45, 2.75) is 76.7 Å². The van der Waals surface area contributed by atoms with Gasteiger partial charge in [0.15, 0.2) is 0 Å². The highest BCUT2D eigenvalue weighted by atomic mass is 19.4. The number of piperidine rings is 1. The van der Waals surface area contributed by atoms with Crippen LogP contribution in [0.15, 0.2) is 36.7 Å². The number of carbonyl (C=O) groups excluding carboxylic acids is 1. The third-order valence-corrected chi connectivity index (χ3v) is 7.53. The van der Waals surface area contributed by atoms with Crippen LogP contribution in [-0.2, 0) is 11.2 Å². The molecule has 1 aromatic carbocycles. The quantitative estimate of drug-likeness (QED) is 0.453. The molecular weight excluding hydrogens is 495 g/mol. The van der Waals surface area contributed by atoms with Gasteiger partial charge in [0, 0.05) is 36.9 Å². The lowest BCUT2D eigenvalue weighted by atomic mass is 9.84. The van der Waals surface area contributed by atoms with Gasteiger partial charge in [-0.05, 0) is 81.7 Å². The normalized spacial score (nSPS) is 21.5. The lowest BCUT2D eigenvalue weighted by Crippen LogP contribution is -2.47. The van der Waals surface area contributed by atoms with Gasteiger partial charge in [-0.3, -0.25) is 15.0 Å². The first-order valence-electron chi connectivity index (χ1n) is 13.1. The van der Waals surface area contributed by atoms with Crippen LogP contribution in [0.3, 0.4) is 0 Å². The maximum Gasteiger partial charge on any atom is 0.410 e. The van der Waals surface area contributed by atoms with E-state index in [1.165, 1.54) is 4.90 Å². The second kappa shape index (κ2) is 9.87. The van der Waals surface area contributed by atoms with E-state index in [0.29, 0.717) is 25.2 Å². The van der Waals surface area contributed by atoms with Crippen molar-refractivity contribution < 1.29 is 22.7 Å². The first kappa shape index (κ1) is 26.5. The van der Waals surface area contributed by atoms with Crippen molar-refractivity contribution in [1.82, 2.24) is 25.0 Å². The third-order valence-electron chi connectivity index (χ3n) is 7.53. The summed E-state index contributed by atoms with van der Waals surface area (Å²) in [5.41, 5.74) is 3.76. The third kappa shape index (κ3) is 5.50. The first-order valence-corrected chi connectivity index (χ1v) is 13.1. The summed E-state index contributed by atoms with van der Waals surface area (Å²) in [6, 6.07) is 6.65. The number of H-pyrrole nitrogens is 1. The largest absolute Gasteiger partial charge is 0.444 e. The molecule has 2 aliphatic rings. The Balaban J connectivity index is 1.39. The molecule has 5 rings (SSSR count). The Morgan fingerprint density at radius 1 is 1.13 bits per heavy atom. The molecule has 7 nitrogen and oxygen atoms in total. The molecule has 38 heavy (non-hydrogen) atoms. The Hall–Kier alpha value is -3.14. The van der Waals surface area contributed by atoms with Gasteiger partial charge in [0.2, 0.25) is 0 Å². The zero-order valence-corrected chi connectivity index (χ0v) is 22.2. The van der Waals surface area contributed by atoms with Gasteiger partial charge >= 0.3 is 12.3 Å². The van der Waals surface area contributed by atoms with Crippen molar-refractivity contribution in [2.24, 2.45) is 0 Å². The van der Waals surface area contributed by atoms with E-state index in [1.807, 2.05) is 58.2 Å². The summed E-state index contributed by atoms with van der Waals surface area (Å²) in [5, 5.41) is 8.08. The molecule has 0 bridgehead atoms. The zero-order valence-electron chi connectivity index (χ0n) is 22.2. The Morgan fingerprint density at radius 2 is 1.87 bits per heavy atom. The molecule has 0 spiro atoms. The molecular formula is C28H34F3N5O2. The second-order valence-electron chi connectivity index (χ2n) is 11.5. The van der Waals surface area contributed by atoms with Gasteiger partial charge in [0.25, 0.3) is 0 Å². The standard InChI is InChI=1S/C28H34F3N5O2/c1-17-13-21-20(6-8-23-22(21)15-33-34-23)25(36(17)16-28(29,30)31)24-7-5-19(14-32-24)18-9-11-35(12-10-18)26(37)38-27(2,3)4/h5-8,14-15,17-18,25H,9-13,16H2,1-4H3,(H,33,34)/t17-,25+/m1/s1. The van der Waals surface area contributed by atoms with Gasteiger partial charge in [-0.25, -0.2) is 4.79 Å². The summed E-state index contributed by atoms with van der Waals surface area (Å²) >= 11 is 0. The number of alkyl halides is 3.